The summed E-state index contributed by atoms with van der Waals surface area (Å²) < 4.78 is 1.97. The van der Waals surface area contributed by atoms with Crippen molar-refractivity contribution in [3.63, 3.8) is 0 Å². The smallest absolute Gasteiger partial charge is 0.228 e. The van der Waals surface area contributed by atoms with Crippen molar-refractivity contribution in [2.75, 3.05) is 20.1 Å². The van der Waals surface area contributed by atoms with E-state index in [9.17, 15) is 4.79 Å². The van der Waals surface area contributed by atoms with E-state index in [1.54, 1.807) is 11.3 Å². The molecule has 2 aromatic heterocycles. The fraction of sp³-hybridized carbons (Fsp3) is 0.538. The van der Waals surface area contributed by atoms with Gasteiger partial charge in [-0.2, -0.15) is 0 Å². The molecule has 0 saturated carbocycles. The first kappa shape index (κ1) is 12.6. The maximum absolute atomic E-state index is 12.3. The monoisotopic (exact) mass is 278 g/mol. The molecule has 1 fully saturated rings. The van der Waals surface area contributed by atoms with Crippen LogP contribution in [0.15, 0.2) is 17.8 Å². The second-order valence-corrected chi connectivity index (χ2v) is 5.84. The van der Waals surface area contributed by atoms with Crippen LogP contribution < -0.4 is 5.32 Å². The van der Waals surface area contributed by atoms with Crippen LogP contribution >= 0.6 is 11.3 Å². The molecule has 3 rings (SSSR count). The summed E-state index contributed by atoms with van der Waals surface area (Å²) in [6.45, 7) is 1.69. The van der Waals surface area contributed by atoms with Gasteiger partial charge in [-0.25, -0.2) is 4.98 Å². The highest BCUT2D eigenvalue weighted by molar-refractivity contribution is 7.15. The number of nitrogens with one attached hydrogen (secondary N) is 1. The number of piperidine rings is 1. The highest BCUT2D eigenvalue weighted by Gasteiger charge is 2.23. The normalized spacial score (nSPS) is 20.1. The molecule has 6 heteroatoms. The number of likely N-dealkylation sites (tertiary alicyclic amines) is 1. The number of hydrogen-bond donors (Lipinski definition) is 1. The van der Waals surface area contributed by atoms with Crippen LogP contribution in [-0.4, -0.2) is 46.4 Å². The molecule has 5 nitrogen and oxygen atoms in total. The lowest BCUT2D eigenvalue weighted by atomic mass is 10.1. The molecule has 0 aromatic carbocycles. The third-order valence-electron chi connectivity index (χ3n) is 3.66. The van der Waals surface area contributed by atoms with Gasteiger partial charge in [0.05, 0.1) is 12.1 Å². The van der Waals surface area contributed by atoms with Gasteiger partial charge >= 0.3 is 0 Å². The van der Waals surface area contributed by atoms with Gasteiger partial charge in [-0.3, -0.25) is 9.20 Å². The van der Waals surface area contributed by atoms with E-state index in [2.05, 4.69) is 10.3 Å². The van der Waals surface area contributed by atoms with Gasteiger partial charge < -0.3 is 10.2 Å². The zero-order chi connectivity index (χ0) is 13.2. The lowest BCUT2D eigenvalue weighted by molar-refractivity contribution is -0.131. The highest BCUT2D eigenvalue weighted by Crippen LogP contribution is 2.14. The number of amides is 1. The third kappa shape index (κ3) is 2.64. The molecule has 0 aliphatic carbocycles. The molecule has 0 spiro atoms. The molecule has 3 heterocycles. The number of nitrogens with zero attached hydrogens (tertiary/aromatic N) is 3. The van der Waals surface area contributed by atoms with Crippen LogP contribution in [0.1, 0.15) is 18.5 Å². The Labute approximate surface area is 116 Å². The summed E-state index contributed by atoms with van der Waals surface area (Å²) in [4.78, 5) is 19.7. The van der Waals surface area contributed by atoms with E-state index in [0.29, 0.717) is 12.5 Å². The Morgan fingerprint density at radius 3 is 3.32 bits per heavy atom. The molecule has 0 bridgehead atoms. The Balaban J connectivity index is 1.65. The van der Waals surface area contributed by atoms with Crippen molar-refractivity contribution in [3.05, 3.63) is 23.5 Å². The average molecular weight is 278 g/mol. The molecule has 1 N–H and O–H groups in total. The Morgan fingerprint density at radius 2 is 2.53 bits per heavy atom. The van der Waals surface area contributed by atoms with Crippen molar-refractivity contribution in [3.8, 4) is 0 Å². The molecule has 19 heavy (non-hydrogen) atoms. The minimum absolute atomic E-state index is 0.186. The number of carbonyl (C=O) groups is 1. The summed E-state index contributed by atoms with van der Waals surface area (Å²) in [7, 11) is 1.96. The second kappa shape index (κ2) is 5.30. The second-order valence-electron chi connectivity index (χ2n) is 4.97. The molecule has 1 unspecified atom stereocenters. The van der Waals surface area contributed by atoms with Crippen molar-refractivity contribution in [1.29, 1.82) is 0 Å². The Bertz CT molecular complexity index is 547. The van der Waals surface area contributed by atoms with E-state index in [4.69, 9.17) is 0 Å². The van der Waals surface area contributed by atoms with Crippen LogP contribution in [0.2, 0.25) is 0 Å². The summed E-state index contributed by atoms with van der Waals surface area (Å²) in [5.41, 5.74) is 0.864. The number of thiazole rings is 1. The molecular weight excluding hydrogens is 260 g/mol. The minimum atomic E-state index is 0.186. The summed E-state index contributed by atoms with van der Waals surface area (Å²) >= 11 is 1.59. The van der Waals surface area contributed by atoms with Crippen LogP contribution in [0.5, 0.6) is 0 Å². The highest BCUT2D eigenvalue weighted by atomic mass is 32.1. The molecule has 0 radical (unpaired) electrons. The summed E-state index contributed by atoms with van der Waals surface area (Å²) in [5, 5.41) is 5.25. The van der Waals surface area contributed by atoms with Gasteiger partial charge in [0.1, 0.15) is 0 Å². The van der Waals surface area contributed by atoms with Crippen LogP contribution in [-0.2, 0) is 11.2 Å². The van der Waals surface area contributed by atoms with Gasteiger partial charge in [0.25, 0.3) is 0 Å². The van der Waals surface area contributed by atoms with Crippen molar-refractivity contribution < 1.29 is 4.79 Å². The average Bonchev–Trinajstić information content (AvgIpc) is 2.99. The minimum Gasteiger partial charge on any atom is -0.341 e. The lowest BCUT2D eigenvalue weighted by Crippen LogP contribution is -2.47. The topological polar surface area (TPSA) is 49.6 Å². The van der Waals surface area contributed by atoms with Gasteiger partial charge in [0, 0.05) is 36.9 Å². The van der Waals surface area contributed by atoms with Crippen molar-refractivity contribution in [1.82, 2.24) is 19.6 Å². The molecule has 1 aliphatic heterocycles. The third-order valence-corrected chi connectivity index (χ3v) is 4.43. The number of imidazole rings is 1. The molecule has 1 saturated heterocycles. The largest absolute Gasteiger partial charge is 0.341 e. The number of rotatable bonds is 3. The van der Waals surface area contributed by atoms with Gasteiger partial charge in [0.2, 0.25) is 5.91 Å². The van der Waals surface area contributed by atoms with Gasteiger partial charge in [-0.05, 0) is 19.9 Å². The Kier molecular flexibility index (Phi) is 3.52. The van der Waals surface area contributed by atoms with Gasteiger partial charge in [-0.15, -0.1) is 11.3 Å². The van der Waals surface area contributed by atoms with Crippen molar-refractivity contribution >= 4 is 22.2 Å². The lowest BCUT2D eigenvalue weighted by Gasteiger charge is -2.32. The molecule has 102 valence electrons. The summed E-state index contributed by atoms with van der Waals surface area (Å²) in [6, 6.07) is 0.434. The maximum atomic E-state index is 12.3. The Morgan fingerprint density at radius 1 is 1.63 bits per heavy atom. The molecule has 1 amide bonds. The van der Waals surface area contributed by atoms with Crippen molar-refractivity contribution in [2.24, 2.45) is 0 Å². The quantitative estimate of drug-likeness (QED) is 0.916. The first-order valence-electron chi connectivity index (χ1n) is 6.62. The predicted molar refractivity (Wildman–Crippen MR) is 75.4 cm³/mol. The molecule has 1 aliphatic rings. The first-order chi connectivity index (χ1) is 9.26. The molecule has 2 aromatic rings. The van der Waals surface area contributed by atoms with E-state index >= 15 is 0 Å². The van der Waals surface area contributed by atoms with E-state index in [-0.39, 0.29) is 5.91 Å². The van der Waals surface area contributed by atoms with E-state index in [1.165, 1.54) is 0 Å². The zero-order valence-electron chi connectivity index (χ0n) is 11.0. The fourth-order valence-electron chi connectivity index (χ4n) is 2.57. The number of likely N-dealkylation sites (N-methyl/N-ethyl adjacent to an activating group) is 1. The van der Waals surface area contributed by atoms with Gasteiger partial charge in [-0.1, -0.05) is 0 Å². The van der Waals surface area contributed by atoms with E-state index in [0.717, 1.165) is 36.6 Å². The number of aromatic nitrogens is 2. The summed E-state index contributed by atoms with van der Waals surface area (Å²) in [5.74, 6) is 0.186. The first-order valence-corrected chi connectivity index (χ1v) is 7.50. The zero-order valence-corrected chi connectivity index (χ0v) is 11.8. The SMILES string of the molecule is CNC1CCCN(C(=O)Cc2cn3ccsc3n2)C1. The fourth-order valence-corrected chi connectivity index (χ4v) is 3.29. The van der Waals surface area contributed by atoms with E-state index in [1.807, 2.05) is 34.1 Å². The van der Waals surface area contributed by atoms with Gasteiger partial charge in [0.15, 0.2) is 4.96 Å². The molecule has 1 atom stereocenters. The maximum Gasteiger partial charge on any atom is 0.228 e. The number of hydrogen-bond acceptors (Lipinski definition) is 4. The standard InChI is InChI=1S/C13H18N4OS/c1-14-10-3-2-4-16(8-10)12(18)7-11-9-17-5-6-19-13(17)15-11/h5-6,9-10,14H,2-4,7-8H2,1H3. The number of fused-ring (bicyclic) bond motifs is 1. The molecular formula is C13H18N4OS. The van der Waals surface area contributed by atoms with Crippen LogP contribution in [0.3, 0.4) is 0 Å². The predicted octanol–water partition coefficient (Wildman–Crippen LogP) is 1.15. The van der Waals surface area contributed by atoms with Crippen LogP contribution in [0.25, 0.3) is 4.96 Å². The Hall–Kier alpha value is -1.40. The summed E-state index contributed by atoms with van der Waals surface area (Å²) in [6.07, 6.45) is 6.56. The number of carbonyl (C=O) groups excluding carboxylic acids is 1. The van der Waals surface area contributed by atoms with Crippen LogP contribution in [0, 0.1) is 0 Å². The van der Waals surface area contributed by atoms with Crippen LogP contribution in [0.4, 0.5) is 0 Å². The van der Waals surface area contributed by atoms with Crippen molar-refractivity contribution in [2.45, 2.75) is 25.3 Å². The van der Waals surface area contributed by atoms with E-state index < -0.39 is 0 Å².